The van der Waals surface area contributed by atoms with Crippen molar-refractivity contribution < 1.29 is 21.9 Å². The third-order valence-electron chi connectivity index (χ3n) is 24.7. The molecule has 546 valence electrons. The lowest BCUT2D eigenvalue weighted by Gasteiger charge is -2.38. The number of fused-ring (bicyclic) bond motifs is 27. The van der Waals surface area contributed by atoms with E-state index in [0.29, 0.717) is 55.3 Å². The molecule has 5 aromatic heterocycles. The van der Waals surface area contributed by atoms with Crippen LogP contribution in [0.25, 0.3) is 203 Å². The maximum Gasteiger partial charge on any atom is 0.252 e. The van der Waals surface area contributed by atoms with Crippen molar-refractivity contribution in [2.24, 2.45) is 0 Å². The number of aromatic nitrogens is 5. The summed E-state index contributed by atoms with van der Waals surface area (Å²) in [6.45, 7) is 12.5. The Kier molecular flexibility index (Phi) is 11.1. The molecule has 7 heterocycles. The zero-order chi connectivity index (χ0) is 91.1. The summed E-state index contributed by atoms with van der Waals surface area (Å²) in [4.78, 5) is 0. The lowest BCUT2D eigenvalue weighted by molar-refractivity contribution is 0.591. The van der Waals surface area contributed by atoms with Gasteiger partial charge in [0.1, 0.15) is 0 Å². The minimum Gasteiger partial charge on any atom is -0.309 e. The second-order valence-corrected chi connectivity index (χ2v) is 33.0. The summed E-state index contributed by atoms with van der Waals surface area (Å²) in [5.41, 5.74) is 13.8. The first-order valence-corrected chi connectivity index (χ1v) is 39.5. The van der Waals surface area contributed by atoms with Crippen molar-refractivity contribution in [3.05, 3.63) is 375 Å². The van der Waals surface area contributed by atoms with Crippen LogP contribution in [0, 0.1) is 0 Å². The standard InChI is InChI=1S/C110H78BN5/c1-109(2,3)69-61-86(67-33-9-7-10-34-67)105-88(63-69)76-41-15-13-37-72(76)74-39-17-19-49-84(74)102-98(113-94-53-29-23-45-80(94)81-46-24-30-54-95(81)113)59-57-90-107(102)115(105)100-65-71(112-92-51-27-21-43-78(92)79-44-22-28-52-93(79)112)66-101-104(100)111(90)91-58-60-99(114-96-55-31-25-47-82(96)83-48-26-32-56-97(83)114)103-85-50-20-18-40-75(85)73-38-14-16-42-77(73)89-64-70(110(4,5)6)62-87(68-35-11-8-12-36-68)106(89)116(101)108(91)103/h7-66H,1-6H3/i23D,24D,25D,26D,29D,30D,31D,32D,45D,46D,47D,48D,53D,54D,55D,56D. The van der Waals surface area contributed by atoms with E-state index < -0.39 is 114 Å². The van der Waals surface area contributed by atoms with Gasteiger partial charge in [-0.2, -0.15) is 0 Å². The van der Waals surface area contributed by atoms with Crippen LogP contribution < -0.4 is 16.4 Å². The minimum absolute atomic E-state index is 0.0702. The van der Waals surface area contributed by atoms with Crippen LogP contribution in [-0.2, 0) is 10.8 Å². The number of hydrogen-bond donors (Lipinski definition) is 0. The number of rotatable bonds is 5. The van der Waals surface area contributed by atoms with Gasteiger partial charge in [-0.1, -0.05) is 320 Å². The highest BCUT2D eigenvalue weighted by Crippen LogP contribution is 2.50. The predicted octanol–water partition coefficient (Wildman–Crippen LogP) is 27.1. The summed E-state index contributed by atoms with van der Waals surface area (Å²) < 4.78 is 169. The van der Waals surface area contributed by atoms with Crippen LogP contribution in [0.3, 0.4) is 0 Å². The van der Waals surface area contributed by atoms with Gasteiger partial charge in [-0.15, -0.1) is 0 Å². The van der Waals surface area contributed by atoms with Crippen LogP contribution in [0.15, 0.2) is 364 Å². The van der Waals surface area contributed by atoms with E-state index in [1.165, 1.54) is 0 Å². The molecule has 5 nitrogen and oxygen atoms in total. The average molecular weight is 1500 g/mol. The van der Waals surface area contributed by atoms with Gasteiger partial charge < -0.3 is 22.8 Å². The smallest absolute Gasteiger partial charge is 0.252 e. The van der Waals surface area contributed by atoms with Crippen LogP contribution in [-0.4, -0.2) is 29.5 Å². The van der Waals surface area contributed by atoms with Crippen LogP contribution in [0.2, 0.25) is 0 Å². The molecular formula is C110H78BN5. The second-order valence-electron chi connectivity index (χ2n) is 33.0. The first-order valence-electron chi connectivity index (χ1n) is 47.5. The largest absolute Gasteiger partial charge is 0.309 e. The number of benzene rings is 17. The Balaban J connectivity index is 1.07. The molecule has 0 N–H and O–H groups in total. The van der Waals surface area contributed by atoms with Crippen molar-refractivity contribution in [2.75, 3.05) is 0 Å². The van der Waals surface area contributed by atoms with Crippen molar-refractivity contribution in [1.29, 1.82) is 0 Å². The summed E-state index contributed by atoms with van der Waals surface area (Å²) in [5.74, 6) is 0. The molecule has 0 saturated carbocycles. The summed E-state index contributed by atoms with van der Waals surface area (Å²) in [7, 11) is 0. The molecule has 2 aliphatic heterocycles. The zero-order valence-electron chi connectivity index (χ0n) is 80.2. The van der Waals surface area contributed by atoms with Crippen molar-refractivity contribution in [1.82, 2.24) is 22.8 Å². The average Bonchev–Trinajstić information content (AvgIpc) is 1.09. The quantitative estimate of drug-likeness (QED) is 0.153. The Hall–Kier alpha value is -14.2. The van der Waals surface area contributed by atoms with Crippen LogP contribution in [0.1, 0.15) is 74.6 Å². The molecule has 22 aromatic rings. The van der Waals surface area contributed by atoms with E-state index in [-0.39, 0.29) is 43.6 Å². The Labute approximate surface area is 694 Å². The monoisotopic (exact) mass is 1500 g/mol. The van der Waals surface area contributed by atoms with Gasteiger partial charge in [-0.3, -0.25) is 0 Å². The molecule has 0 atom stereocenters. The molecular weight excluding hydrogens is 1400 g/mol. The number of para-hydroxylation sites is 6. The number of hydrogen-bond acceptors (Lipinski definition) is 0. The fraction of sp³-hybridized carbons (Fsp3) is 0.0727. The normalized spacial score (nSPS) is 14.7. The molecule has 0 unspecified atom stereocenters. The first kappa shape index (κ1) is 52.2. The third-order valence-corrected chi connectivity index (χ3v) is 24.7. The molecule has 0 radical (unpaired) electrons. The molecule has 116 heavy (non-hydrogen) atoms. The fourth-order valence-electron chi connectivity index (χ4n) is 19.6. The van der Waals surface area contributed by atoms with Gasteiger partial charge in [0.05, 0.1) is 94.2 Å². The Morgan fingerprint density at radius 3 is 0.914 bits per heavy atom. The number of nitrogens with zero attached hydrogens (tertiary/aromatic N) is 5. The Bertz CT molecular complexity index is 8590. The van der Waals surface area contributed by atoms with Crippen molar-refractivity contribution in [2.45, 2.75) is 52.4 Å². The summed E-state index contributed by atoms with van der Waals surface area (Å²) in [6, 6.07) is 84.8. The predicted molar refractivity (Wildman–Crippen MR) is 496 cm³/mol. The molecule has 24 rings (SSSR count). The van der Waals surface area contributed by atoms with Gasteiger partial charge in [0, 0.05) is 76.4 Å². The van der Waals surface area contributed by atoms with Crippen LogP contribution in [0.4, 0.5) is 0 Å². The SMILES string of the molecule is [2H]c1c([2H])c([2H])c2c(c1[2H])c1c([2H])c([2H])c([2H])c([2H])c1n2-c1ccc2c3c1c1ccccc1c1ccccc1c1cc(C(C)(C)C)cc(-c4ccccc4)c1n3-c1cc(-n3c4ccccc4c4ccccc43)cc3c1B2c1ccc(-n2c4c([2H])c([2H])c([2H])c([2H])c4c4c([2H])c([2H])c([2H])c([2H])c42)c2c4ccccc4c4ccccc4c4cc(C(C)(C)C)cc(-c5ccccc5)c4n-3c12. The van der Waals surface area contributed by atoms with Gasteiger partial charge in [0.15, 0.2) is 0 Å². The lowest BCUT2D eigenvalue weighted by atomic mass is 9.34. The Morgan fingerprint density at radius 2 is 0.552 bits per heavy atom. The Morgan fingerprint density at radius 1 is 0.241 bits per heavy atom. The van der Waals surface area contributed by atoms with E-state index in [0.717, 1.165) is 131 Å². The summed E-state index contributed by atoms with van der Waals surface area (Å²) >= 11 is 0. The fourth-order valence-corrected chi connectivity index (χ4v) is 19.6. The van der Waals surface area contributed by atoms with Crippen molar-refractivity contribution >= 4 is 175 Å². The van der Waals surface area contributed by atoms with E-state index in [9.17, 15) is 21.9 Å². The second kappa shape index (κ2) is 24.7. The molecule has 0 bridgehead atoms. The van der Waals surface area contributed by atoms with Crippen molar-refractivity contribution in [3.63, 3.8) is 0 Å². The minimum atomic E-state index is -0.929. The summed E-state index contributed by atoms with van der Waals surface area (Å²) in [6.07, 6.45) is 0. The van der Waals surface area contributed by atoms with Crippen LogP contribution in [0.5, 0.6) is 0 Å². The van der Waals surface area contributed by atoms with Gasteiger partial charge in [-0.25, -0.2) is 0 Å². The van der Waals surface area contributed by atoms with Crippen LogP contribution >= 0.6 is 0 Å². The zero-order valence-corrected chi connectivity index (χ0v) is 64.2. The van der Waals surface area contributed by atoms with Gasteiger partial charge in [-0.05, 0) is 177 Å². The highest BCUT2D eigenvalue weighted by atomic mass is 15.1. The molecule has 6 heteroatoms. The molecule has 0 aliphatic carbocycles. The van der Waals surface area contributed by atoms with E-state index in [1.54, 1.807) is 9.13 Å². The highest BCUT2D eigenvalue weighted by Gasteiger charge is 2.43. The van der Waals surface area contributed by atoms with E-state index >= 15 is 0 Å². The molecule has 0 spiro atoms. The van der Waals surface area contributed by atoms with Gasteiger partial charge >= 0.3 is 0 Å². The summed E-state index contributed by atoms with van der Waals surface area (Å²) in [5, 5.41) is 10.7. The molecule has 0 saturated heterocycles. The van der Waals surface area contributed by atoms with E-state index in [4.69, 9.17) is 0 Å². The molecule has 2 aliphatic rings. The third kappa shape index (κ3) is 9.41. The highest BCUT2D eigenvalue weighted by molar-refractivity contribution is 7.00. The van der Waals surface area contributed by atoms with Gasteiger partial charge in [0.2, 0.25) is 0 Å². The maximum atomic E-state index is 10.4. The van der Waals surface area contributed by atoms with Gasteiger partial charge in [0.25, 0.3) is 6.71 Å². The topological polar surface area (TPSA) is 24.6 Å². The van der Waals surface area contributed by atoms with Crippen molar-refractivity contribution in [3.8, 4) is 50.7 Å². The maximum absolute atomic E-state index is 10.4. The molecule has 0 amide bonds. The molecule has 0 fully saturated rings. The lowest BCUT2D eigenvalue weighted by Crippen LogP contribution is -2.60. The molecule has 17 aromatic carbocycles. The first-order chi connectivity index (χ1) is 63.5. The van der Waals surface area contributed by atoms with E-state index in [2.05, 4.69) is 262 Å². The van der Waals surface area contributed by atoms with E-state index in [1.807, 2.05) is 60.7 Å².